The molecule has 1 saturated carbocycles. The molecule has 3 saturated heterocycles. The predicted octanol–water partition coefficient (Wildman–Crippen LogP) is 3.61. The molecule has 2 aromatic rings. The van der Waals surface area contributed by atoms with Gasteiger partial charge < -0.3 is 20.4 Å². The first kappa shape index (κ1) is 32.1. The SMILES string of the molecule is O=C1CCCN1c1ccc(S(=O)(=O)N2CCN(c3cc(C(F)(F)[C@H]4CC[C@H](C(=O)NCC5CNC5)CC4)cc(Cl)n3)CC2)cc1. The molecule has 0 spiro atoms. The van der Waals surface area contributed by atoms with E-state index in [1.165, 1.54) is 28.6 Å². The van der Waals surface area contributed by atoms with Crippen molar-refractivity contribution in [3.05, 3.63) is 47.1 Å². The smallest absolute Gasteiger partial charge is 0.276 e. The van der Waals surface area contributed by atoms with Crippen molar-refractivity contribution in [1.29, 1.82) is 0 Å². The minimum atomic E-state index is -3.79. The molecule has 1 aliphatic carbocycles. The summed E-state index contributed by atoms with van der Waals surface area (Å²) >= 11 is 6.25. The number of alkyl halides is 2. The Morgan fingerprint density at radius 3 is 2.31 bits per heavy atom. The highest BCUT2D eigenvalue weighted by Gasteiger charge is 2.44. The number of carbonyl (C=O) groups is 2. The first-order valence-corrected chi connectivity index (χ1v) is 17.5. The van der Waals surface area contributed by atoms with Gasteiger partial charge in [-0.25, -0.2) is 22.2 Å². The molecule has 2 amide bonds. The number of nitrogens with one attached hydrogen (secondary N) is 2. The maximum absolute atomic E-state index is 15.8. The number of halogens is 3. The molecule has 4 fully saturated rings. The number of hydrogen-bond donors (Lipinski definition) is 2. The standard InChI is InChI=1S/C31H39ClF2N6O4S/c32-27-16-24(31(33,34)23-5-3-22(4-6-23)30(42)36-20-21-18-35-19-21)17-28(37-27)38-12-14-39(15-13-38)45(43,44)26-9-7-25(8-10-26)40-11-1-2-29(40)41/h7-10,16-17,21-23,35H,1-6,11-15,18-20H2,(H,36,42)/t22-,23-. The Hall–Kier alpha value is -2.87. The van der Waals surface area contributed by atoms with Gasteiger partial charge in [0.05, 0.1) is 4.90 Å². The first-order valence-electron chi connectivity index (χ1n) is 15.7. The molecular formula is C31H39ClF2N6O4S. The van der Waals surface area contributed by atoms with E-state index >= 15 is 8.78 Å². The largest absolute Gasteiger partial charge is 0.355 e. The number of benzene rings is 1. The van der Waals surface area contributed by atoms with Crippen LogP contribution >= 0.6 is 11.6 Å². The van der Waals surface area contributed by atoms with E-state index in [9.17, 15) is 18.0 Å². The van der Waals surface area contributed by atoms with E-state index in [2.05, 4.69) is 15.6 Å². The lowest BCUT2D eigenvalue weighted by molar-refractivity contribution is -0.129. The van der Waals surface area contributed by atoms with Gasteiger partial charge in [-0.1, -0.05) is 11.6 Å². The van der Waals surface area contributed by atoms with Crippen LogP contribution in [0.5, 0.6) is 0 Å². The van der Waals surface area contributed by atoms with E-state index in [0.29, 0.717) is 44.0 Å². The van der Waals surface area contributed by atoms with E-state index in [-0.39, 0.29) is 78.2 Å². The number of hydrogen-bond acceptors (Lipinski definition) is 7. The summed E-state index contributed by atoms with van der Waals surface area (Å²) in [7, 11) is -3.79. The molecule has 0 atom stereocenters. The number of pyridine rings is 1. The highest BCUT2D eigenvalue weighted by Crippen LogP contribution is 2.46. The lowest BCUT2D eigenvalue weighted by Gasteiger charge is -2.36. The maximum atomic E-state index is 15.8. The molecule has 2 N–H and O–H groups in total. The van der Waals surface area contributed by atoms with Crippen LogP contribution in [-0.4, -0.2) is 81.9 Å². The van der Waals surface area contributed by atoms with Gasteiger partial charge in [-0.15, -0.1) is 0 Å². The van der Waals surface area contributed by atoms with Crippen molar-refractivity contribution in [2.75, 3.05) is 62.2 Å². The van der Waals surface area contributed by atoms with Gasteiger partial charge in [0.15, 0.2) is 0 Å². The molecule has 4 heterocycles. The van der Waals surface area contributed by atoms with Gasteiger partial charge in [-0.2, -0.15) is 4.31 Å². The minimum Gasteiger partial charge on any atom is -0.355 e. The molecule has 0 unspecified atom stereocenters. The number of aromatic nitrogens is 1. The monoisotopic (exact) mass is 664 g/mol. The average Bonchev–Trinajstić information content (AvgIpc) is 3.45. The Bertz CT molecular complexity index is 1510. The van der Waals surface area contributed by atoms with Crippen molar-refractivity contribution < 1.29 is 26.8 Å². The van der Waals surface area contributed by atoms with Gasteiger partial charge in [0.1, 0.15) is 11.0 Å². The molecule has 3 aliphatic heterocycles. The third kappa shape index (κ3) is 6.81. The van der Waals surface area contributed by atoms with Crippen molar-refractivity contribution in [3.8, 4) is 0 Å². The fourth-order valence-corrected chi connectivity index (χ4v) is 8.33. The van der Waals surface area contributed by atoms with Crippen LogP contribution in [-0.2, 0) is 25.5 Å². The predicted molar refractivity (Wildman–Crippen MR) is 167 cm³/mol. The van der Waals surface area contributed by atoms with Gasteiger partial charge in [0.25, 0.3) is 5.92 Å². The van der Waals surface area contributed by atoms with Gasteiger partial charge in [0, 0.05) is 87.8 Å². The second kappa shape index (κ2) is 13.1. The zero-order chi connectivity index (χ0) is 31.8. The van der Waals surface area contributed by atoms with E-state index < -0.39 is 21.9 Å². The van der Waals surface area contributed by atoms with E-state index in [0.717, 1.165) is 19.5 Å². The third-order valence-corrected chi connectivity index (χ3v) is 11.7. The zero-order valence-corrected chi connectivity index (χ0v) is 26.6. The Morgan fingerprint density at radius 1 is 1.02 bits per heavy atom. The van der Waals surface area contributed by atoms with Crippen LogP contribution < -0.4 is 20.4 Å². The molecular weight excluding hydrogens is 626 g/mol. The fourth-order valence-electron chi connectivity index (χ4n) is 6.70. The number of sulfonamides is 1. The van der Waals surface area contributed by atoms with Crippen LogP contribution in [0.25, 0.3) is 0 Å². The van der Waals surface area contributed by atoms with Crippen molar-refractivity contribution in [2.24, 2.45) is 17.8 Å². The van der Waals surface area contributed by atoms with Gasteiger partial charge in [0.2, 0.25) is 21.8 Å². The normalized spacial score (nSPS) is 23.7. The number of carbonyl (C=O) groups excluding carboxylic acids is 2. The van der Waals surface area contributed by atoms with E-state index in [4.69, 9.17) is 11.6 Å². The Balaban J connectivity index is 1.06. The van der Waals surface area contributed by atoms with Crippen molar-refractivity contribution in [1.82, 2.24) is 19.9 Å². The van der Waals surface area contributed by atoms with Crippen molar-refractivity contribution in [3.63, 3.8) is 0 Å². The quantitative estimate of drug-likeness (QED) is 0.394. The lowest BCUT2D eigenvalue weighted by atomic mass is 9.77. The van der Waals surface area contributed by atoms with Crippen LogP contribution in [0.3, 0.4) is 0 Å². The molecule has 4 aliphatic rings. The molecule has 1 aromatic carbocycles. The minimum absolute atomic E-state index is 0.0293. The van der Waals surface area contributed by atoms with E-state index in [1.54, 1.807) is 21.9 Å². The van der Waals surface area contributed by atoms with Crippen molar-refractivity contribution >= 4 is 44.9 Å². The zero-order valence-electron chi connectivity index (χ0n) is 25.1. The number of amides is 2. The Labute approximate surface area is 267 Å². The number of rotatable bonds is 9. The van der Waals surface area contributed by atoms with Crippen LogP contribution in [0, 0.1) is 17.8 Å². The summed E-state index contributed by atoms with van der Waals surface area (Å²) in [6.45, 7) is 3.85. The molecule has 10 nitrogen and oxygen atoms in total. The van der Waals surface area contributed by atoms with Crippen LogP contribution in [0.4, 0.5) is 20.3 Å². The van der Waals surface area contributed by atoms with Gasteiger partial charge >= 0.3 is 0 Å². The maximum Gasteiger partial charge on any atom is 0.276 e. The number of anilines is 2. The van der Waals surface area contributed by atoms with Gasteiger partial charge in [-0.3, -0.25) is 9.59 Å². The van der Waals surface area contributed by atoms with Crippen molar-refractivity contribution in [2.45, 2.75) is 49.3 Å². The van der Waals surface area contributed by atoms with Crippen LogP contribution in [0.2, 0.25) is 5.15 Å². The summed E-state index contributed by atoms with van der Waals surface area (Å²) in [6, 6.07) is 8.90. The Morgan fingerprint density at radius 2 is 1.71 bits per heavy atom. The molecule has 0 radical (unpaired) electrons. The topological polar surface area (TPSA) is 115 Å². The summed E-state index contributed by atoms with van der Waals surface area (Å²) in [5.74, 6) is -3.61. The summed E-state index contributed by atoms with van der Waals surface area (Å²) < 4.78 is 59.8. The summed E-state index contributed by atoms with van der Waals surface area (Å²) in [5.41, 5.74) is 0.464. The molecule has 14 heteroatoms. The second-order valence-corrected chi connectivity index (χ2v) is 14.8. The number of piperazine rings is 1. The molecule has 1 aromatic heterocycles. The van der Waals surface area contributed by atoms with E-state index in [1.807, 2.05) is 0 Å². The molecule has 244 valence electrons. The second-order valence-electron chi connectivity index (χ2n) is 12.5. The van der Waals surface area contributed by atoms with Crippen LogP contribution in [0.15, 0.2) is 41.3 Å². The third-order valence-electron chi connectivity index (χ3n) is 9.63. The van der Waals surface area contributed by atoms with Crippen LogP contribution in [0.1, 0.15) is 44.1 Å². The lowest BCUT2D eigenvalue weighted by Crippen LogP contribution is -2.49. The summed E-state index contributed by atoms with van der Waals surface area (Å²) in [5, 5.41) is 6.09. The Kier molecular flexibility index (Phi) is 9.33. The number of nitrogens with zero attached hydrogens (tertiary/aromatic N) is 4. The fraction of sp³-hybridized carbons (Fsp3) is 0.581. The highest BCUT2D eigenvalue weighted by molar-refractivity contribution is 7.89. The molecule has 0 bridgehead atoms. The highest BCUT2D eigenvalue weighted by atomic mass is 35.5. The summed E-state index contributed by atoms with van der Waals surface area (Å²) in [4.78, 5) is 32.5. The van der Waals surface area contributed by atoms with Gasteiger partial charge in [-0.05, 0) is 68.5 Å². The average molecular weight is 665 g/mol. The molecule has 45 heavy (non-hydrogen) atoms. The first-order chi connectivity index (χ1) is 21.5. The molecule has 6 rings (SSSR count). The summed E-state index contributed by atoms with van der Waals surface area (Å²) in [6.07, 6.45) is 2.56.